The van der Waals surface area contributed by atoms with E-state index < -0.39 is 12.5 Å². The second kappa shape index (κ2) is 7.55. The van der Waals surface area contributed by atoms with Crippen molar-refractivity contribution in [1.29, 1.82) is 0 Å². The zero-order valence-electron chi connectivity index (χ0n) is 16.2. The van der Waals surface area contributed by atoms with Gasteiger partial charge in [0.2, 0.25) is 0 Å². The van der Waals surface area contributed by atoms with E-state index in [0.29, 0.717) is 19.6 Å². The minimum Gasteiger partial charge on any atom is -0.369 e. The van der Waals surface area contributed by atoms with Gasteiger partial charge in [0.25, 0.3) is 6.43 Å². The third-order valence-corrected chi connectivity index (χ3v) is 6.33. The van der Waals surface area contributed by atoms with Crippen molar-refractivity contribution in [2.45, 2.75) is 32.0 Å². The summed E-state index contributed by atoms with van der Waals surface area (Å²) in [5, 5.41) is 4.77. The maximum absolute atomic E-state index is 13.0. The molecular weight excluding hydrogens is 414 g/mol. The average Bonchev–Trinajstić information content (AvgIpc) is 3.40. The number of fused-ring (bicyclic) bond motifs is 2. The van der Waals surface area contributed by atoms with Crippen LogP contribution < -0.4 is 0 Å². The van der Waals surface area contributed by atoms with Crippen LogP contribution >= 0.6 is 11.5 Å². The fourth-order valence-electron chi connectivity index (χ4n) is 4.05. The van der Waals surface area contributed by atoms with E-state index in [4.69, 9.17) is 9.84 Å². The molecule has 3 aromatic rings. The molecule has 0 aliphatic carbocycles. The summed E-state index contributed by atoms with van der Waals surface area (Å²) in [4.78, 5) is 20.5. The molecular formula is C19H20F2N6O2S. The number of hydrogen-bond acceptors (Lipinski definition) is 6. The molecule has 0 saturated carbocycles. The van der Waals surface area contributed by atoms with E-state index >= 15 is 0 Å². The molecule has 0 bridgehead atoms. The minimum absolute atomic E-state index is 0.0304. The van der Waals surface area contributed by atoms with Gasteiger partial charge in [-0.2, -0.15) is 9.47 Å². The predicted molar refractivity (Wildman–Crippen MR) is 106 cm³/mol. The lowest BCUT2D eigenvalue weighted by Gasteiger charge is -2.39. The number of morpholine rings is 1. The third kappa shape index (κ3) is 3.31. The molecule has 30 heavy (non-hydrogen) atoms. The van der Waals surface area contributed by atoms with E-state index in [9.17, 15) is 13.6 Å². The van der Waals surface area contributed by atoms with Crippen molar-refractivity contribution in [2.75, 3.05) is 26.2 Å². The van der Waals surface area contributed by atoms with Crippen LogP contribution in [0.25, 0.3) is 21.5 Å². The highest BCUT2D eigenvalue weighted by Gasteiger charge is 2.35. The topological polar surface area (TPSA) is 76.4 Å². The number of ether oxygens (including phenoxy) is 1. The molecule has 0 aromatic carbocycles. The van der Waals surface area contributed by atoms with E-state index in [-0.39, 0.29) is 25.2 Å². The van der Waals surface area contributed by atoms with Crippen LogP contribution in [0, 0.1) is 0 Å². The summed E-state index contributed by atoms with van der Waals surface area (Å²) in [5.74, 6) is 0. The Morgan fingerprint density at radius 3 is 3.03 bits per heavy atom. The van der Waals surface area contributed by atoms with Gasteiger partial charge in [0.15, 0.2) is 0 Å². The quantitative estimate of drug-likeness (QED) is 0.620. The normalized spacial score (nSPS) is 22.0. The molecule has 158 valence electrons. The zero-order valence-corrected chi connectivity index (χ0v) is 17.1. The summed E-state index contributed by atoms with van der Waals surface area (Å²) in [6.45, 7) is 3.19. The molecule has 3 aromatic heterocycles. The Morgan fingerprint density at radius 1 is 1.33 bits per heavy atom. The molecule has 8 nitrogen and oxygen atoms in total. The first kappa shape index (κ1) is 19.3. The molecule has 5 rings (SSSR count). The lowest BCUT2D eigenvalue weighted by molar-refractivity contribution is -0.0950. The zero-order chi connectivity index (χ0) is 20.8. The SMILES string of the molecule is C[C@H]1CN(C(=O)N2CCOC(C(F)F)C2)Cc2cc(-c3ccnc4cnsc34)nn21. The minimum atomic E-state index is -2.60. The van der Waals surface area contributed by atoms with Crippen LogP contribution in [-0.4, -0.2) is 73.7 Å². The molecule has 5 heterocycles. The monoisotopic (exact) mass is 434 g/mol. The van der Waals surface area contributed by atoms with Crippen LogP contribution in [0.5, 0.6) is 0 Å². The van der Waals surface area contributed by atoms with Crippen LogP contribution in [-0.2, 0) is 11.3 Å². The van der Waals surface area contributed by atoms with E-state index in [1.165, 1.54) is 16.4 Å². The molecule has 11 heteroatoms. The number of urea groups is 1. The smallest absolute Gasteiger partial charge is 0.320 e. The van der Waals surface area contributed by atoms with Gasteiger partial charge in [0.1, 0.15) is 11.6 Å². The van der Waals surface area contributed by atoms with Crippen molar-refractivity contribution in [3.8, 4) is 11.3 Å². The predicted octanol–water partition coefficient (Wildman–Crippen LogP) is 3.02. The first-order valence-corrected chi connectivity index (χ1v) is 10.5. The molecule has 1 unspecified atom stereocenters. The second-order valence-electron chi connectivity index (χ2n) is 7.57. The van der Waals surface area contributed by atoms with E-state index in [1.54, 1.807) is 17.3 Å². The molecule has 0 N–H and O–H groups in total. The Kier molecular flexibility index (Phi) is 4.86. The van der Waals surface area contributed by atoms with Gasteiger partial charge >= 0.3 is 6.03 Å². The van der Waals surface area contributed by atoms with E-state index in [2.05, 4.69) is 9.36 Å². The molecule has 1 saturated heterocycles. The van der Waals surface area contributed by atoms with Crippen molar-refractivity contribution in [3.05, 3.63) is 30.2 Å². The molecule has 2 aliphatic rings. The number of amides is 2. The Labute approximate surface area is 175 Å². The number of rotatable bonds is 2. The number of alkyl halides is 2. The first-order valence-electron chi connectivity index (χ1n) is 9.73. The summed E-state index contributed by atoms with van der Waals surface area (Å²) in [6, 6.07) is 3.63. The number of aromatic nitrogens is 4. The molecule has 0 radical (unpaired) electrons. The van der Waals surface area contributed by atoms with Gasteiger partial charge in [-0.1, -0.05) is 0 Å². The second-order valence-corrected chi connectivity index (χ2v) is 8.37. The fourth-order valence-corrected chi connectivity index (χ4v) is 4.78. The van der Waals surface area contributed by atoms with E-state index in [0.717, 1.165) is 27.2 Å². The number of halogens is 2. The maximum Gasteiger partial charge on any atom is 0.320 e. The highest BCUT2D eigenvalue weighted by Crippen LogP contribution is 2.32. The molecule has 2 aliphatic heterocycles. The maximum atomic E-state index is 13.0. The van der Waals surface area contributed by atoms with Gasteiger partial charge in [-0.25, -0.2) is 13.6 Å². The van der Waals surface area contributed by atoms with Crippen LogP contribution in [0.2, 0.25) is 0 Å². The molecule has 1 fully saturated rings. The average molecular weight is 434 g/mol. The highest BCUT2D eigenvalue weighted by atomic mass is 32.1. The molecule has 2 atom stereocenters. The van der Waals surface area contributed by atoms with Gasteiger partial charge in [-0.15, -0.1) is 0 Å². The summed E-state index contributed by atoms with van der Waals surface area (Å²) in [6.07, 6.45) is -0.358. The van der Waals surface area contributed by atoms with Crippen LogP contribution in [0.3, 0.4) is 0 Å². The fraction of sp³-hybridized carbons (Fsp3) is 0.474. The third-order valence-electron chi connectivity index (χ3n) is 5.51. The first-order chi connectivity index (χ1) is 14.5. The number of hydrogen-bond donors (Lipinski definition) is 0. The lowest BCUT2D eigenvalue weighted by Crippen LogP contribution is -2.54. The van der Waals surface area contributed by atoms with Crippen molar-refractivity contribution < 1.29 is 18.3 Å². The van der Waals surface area contributed by atoms with Gasteiger partial charge in [0, 0.05) is 24.8 Å². The van der Waals surface area contributed by atoms with Crippen molar-refractivity contribution in [2.24, 2.45) is 0 Å². The van der Waals surface area contributed by atoms with E-state index in [1.807, 2.05) is 23.7 Å². The number of nitrogens with zero attached hydrogens (tertiary/aromatic N) is 6. The number of pyridine rings is 1. The van der Waals surface area contributed by atoms with Gasteiger partial charge in [-0.3, -0.25) is 9.67 Å². The molecule has 0 spiro atoms. The highest BCUT2D eigenvalue weighted by molar-refractivity contribution is 7.13. The summed E-state index contributed by atoms with van der Waals surface area (Å²) in [7, 11) is 0. The number of carbonyl (C=O) groups is 1. The van der Waals surface area contributed by atoms with Crippen LogP contribution in [0.4, 0.5) is 13.6 Å². The Hall–Kier alpha value is -2.66. The summed E-state index contributed by atoms with van der Waals surface area (Å²) < 4.78 is 38.2. The standard InChI is InChI=1S/C19H20F2N6O2S/c1-11-8-26(19(28)25-4-5-29-16(10-25)18(20)21)9-12-6-14(24-27(11)12)13-2-3-22-15-7-23-30-17(13)15/h2-3,6-7,11,16,18H,4-5,8-10H2,1H3/t11-,16?/m0/s1. The summed E-state index contributed by atoms with van der Waals surface area (Å²) in [5.41, 5.74) is 3.51. The Bertz CT molecular complexity index is 1090. The van der Waals surface area contributed by atoms with Gasteiger partial charge < -0.3 is 14.5 Å². The lowest BCUT2D eigenvalue weighted by atomic mass is 10.1. The Balaban J connectivity index is 1.39. The van der Waals surface area contributed by atoms with Crippen molar-refractivity contribution in [1.82, 2.24) is 28.9 Å². The largest absolute Gasteiger partial charge is 0.369 e. The van der Waals surface area contributed by atoms with Crippen LogP contribution in [0.15, 0.2) is 24.5 Å². The Morgan fingerprint density at radius 2 is 2.20 bits per heavy atom. The van der Waals surface area contributed by atoms with Crippen LogP contribution in [0.1, 0.15) is 18.7 Å². The summed E-state index contributed by atoms with van der Waals surface area (Å²) >= 11 is 1.38. The number of carbonyl (C=O) groups excluding carboxylic acids is 1. The van der Waals surface area contributed by atoms with Gasteiger partial charge in [0.05, 0.1) is 48.0 Å². The van der Waals surface area contributed by atoms with Crippen molar-refractivity contribution >= 4 is 27.8 Å². The van der Waals surface area contributed by atoms with Crippen molar-refractivity contribution in [3.63, 3.8) is 0 Å². The van der Waals surface area contributed by atoms with Gasteiger partial charge in [-0.05, 0) is 30.6 Å². The molecule has 2 amide bonds.